The molecule has 0 aromatic rings. The maximum Gasteiger partial charge on any atom is 0.472 e. The number of hydrogen-bond acceptors (Lipinski definition) is 9. The lowest BCUT2D eigenvalue weighted by molar-refractivity contribution is -0.161. The van der Waals surface area contributed by atoms with Crippen LogP contribution >= 0.6 is 7.82 Å². The van der Waals surface area contributed by atoms with Crippen molar-refractivity contribution >= 4 is 19.8 Å². The van der Waals surface area contributed by atoms with Gasteiger partial charge in [0.05, 0.1) is 19.3 Å². The molecule has 52 heavy (non-hydrogen) atoms. The van der Waals surface area contributed by atoms with Crippen molar-refractivity contribution in [1.82, 2.24) is 0 Å². The molecular formula is C41H70NO9P. The summed E-state index contributed by atoms with van der Waals surface area (Å²) >= 11 is 0. The van der Waals surface area contributed by atoms with E-state index >= 15 is 0 Å². The molecule has 0 heterocycles. The van der Waals surface area contributed by atoms with Gasteiger partial charge < -0.3 is 25.2 Å². The Morgan fingerprint density at radius 3 is 1.94 bits per heavy atom. The van der Waals surface area contributed by atoms with Gasteiger partial charge in [-0.05, 0) is 70.6 Å². The van der Waals surface area contributed by atoms with Crippen LogP contribution in [0.5, 0.6) is 0 Å². The topological polar surface area (TPSA) is 155 Å². The summed E-state index contributed by atoms with van der Waals surface area (Å²) < 4.78 is 32.5. The minimum atomic E-state index is -4.43. The first-order valence-electron chi connectivity index (χ1n) is 19.5. The second-order valence-corrected chi connectivity index (χ2v) is 14.1. The summed E-state index contributed by atoms with van der Waals surface area (Å²) in [6, 6.07) is 0. The van der Waals surface area contributed by atoms with E-state index in [9.17, 15) is 24.2 Å². The first-order chi connectivity index (χ1) is 25.2. The normalized spacial score (nSPS) is 14.8. The second kappa shape index (κ2) is 36.8. The van der Waals surface area contributed by atoms with Gasteiger partial charge in [-0.15, -0.1) is 0 Å². The third kappa shape index (κ3) is 35.8. The number of carbonyl (C=O) groups excluding carboxylic acids is 2. The molecule has 3 atom stereocenters. The van der Waals surface area contributed by atoms with E-state index < -0.39 is 38.6 Å². The average molecular weight is 752 g/mol. The maximum atomic E-state index is 12.5. The lowest BCUT2D eigenvalue weighted by Crippen LogP contribution is -2.29. The number of phosphoric acid groups is 1. The fraction of sp³-hybridized carbons (Fsp3) is 0.659. The monoisotopic (exact) mass is 751 g/mol. The van der Waals surface area contributed by atoms with Crippen molar-refractivity contribution in [3.63, 3.8) is 0 Å². The summed E-state index contributed by atoms with van der Waals surface area (Å²) in [5.41, 5.74) is 5.32. The molecule has 0 spiro atoms. The van der Waals surface area contributed by atoms with Gasteiger partial charge in [0.1, 0.15) is 6.61 Å². The SMILES string of the molecule is CC/C=C\C/C=C\C/C=C\C/C=C\C=C\C(O)CCCC(=O)O[C@H](COC(=O)CCCCCCC/C=C\CCCCCC)COP(=O)(O)OCCN. The lowest BCUT2D eigenvalue weighted by atomic mass is 10.1. The molecule has 298 valence electrons. The number of aliphatic hydroxyl groups is 1. The molecule has 0 bridgehead atoms. The van der Waals surface area contributed by atoms with Crippen molar-refractivity contribution in [2.45, 2.75) is 148 Å². The van der Waals surface area contributed by atoms with Crippen molar-refractivity contribution in [1.29, 1.82) is 0 Å². The van der Waals surface area contributed by atoms with Gasteiger partial charge in [0, 0.05) is 19.4 Å². The van der Waals surface area contributed by atoms with Crippen LogP contribution < -0.4 is 5.73 Å². The Labute approximate surface area is 314 Å². The summed E-state index contributed by atoms with van der Waals surface area (Å²) in [5, 5.41) is 10.2. The van der Waals surface area contributed by atoms with E-state index in [-0.39, 0.29) is 32.6 Å². The number of aliphatic hydroxyl groups excluding tert-OH is 1. The van der Waals surface area contributed by atoms with Crippen LogP contribution in [0.15, 0.2) is 72.9 Å². The van der Waals surface area contributed by atoms with E-state index in [4.69, 9.17) is 24.3 Å². The zero-order valence-corrected chi connectivity index (χ0v) is 33.0. The van der Waals surface area contributed by atoms with Gasteiger partial charge in [-0.3, -0.25) is 18.6 Å². The molecule has 0 aromatic carbocycles. The highest BCUT2D eigenvalue weighted by molar-refractivity contribution is 7.47. The van der Waals surface area contributed by atoms with Gasteiger partial charge in [0.2, 0.25) is 0 Å². The number of esters is 2. The van der Waals surface area contributed by atoms with Gasteiger partial charge in [-0.25, -0.2) is 4.57 Å². The molecule has 2 unspecified atom stereocenters. The van der Waals surface area contributed by atoms with Crippen LogP contribution in [0.25, 0.3) is 0 Å². The molecule has 4 N–H and O–H groups in total. The van der Waals surface area contributed by atoms with Crippen LogP contribution in [0.2, 0.25) is 0 Å². The van der Waals surface area contributed by atoms with Crippen molar-refractivity contribution < 1.29 is 42.7 Å². The largest absolute Gasteiger partial charge is 0.472 e. The lowest BCUT2D eigenvalue weighted by Gasteiger charge is -2.20. The minimum absolute atomic E-state index is 0.00543. The number of allylic oxidation sites excluding steroid dienone is 11. The van der Waals surface area contributed by atoms with Crippen LogP contribution in [0.1, 0.15) is 136 Å². The molecule has 0 aromatic heterocycles. The quantitative estimate of drug-likeness (QED) is 0.0187. The Hall–Kier alpha value is -2.59. The standard InChI is InChI=1S/C41H70NO9P/c1-3-5-7-9-11-13-15-17-19-21-23-25-27-30-38(43)31-29-33-41(45)51-39(37-50-52(46,47)49-35-34-42)36-48-40(44)32-28-26-24-22-20-18-16-14-12-10-8-6-4-2/h5,7,11,13-14,16-17,19,23,25,27,30,38-39,43H,3-4,6,8-10,12,15,18,20-22,24,26,28-29,31-37,42H2,1-2H3,(H,46,47)/b7-5-,13-11-,16-14-,19-17-,25-23-,30-27+/t38?,39-/m1/s1. The van der Waals surface area contributed by atoms with Gasteiger partial charge in [0.15, 0.2) is 6.10 Å². The summed E-state index contributed by atoms with van der Waals surface area (Å²) in [7, 11) is -4.43. The first-order valence-corrected chi connectivity index (χ1v) is 21.0. The molecule has 0 rings (SSSR count). The van der Waals surface area contributed by atoms with Crippen LogP contribution in [-0.2, 0) is 32.7 Å². The van der Waals surface area contributed by atoms with Crippen molar-refractivity contribution in [3.8, 4) is 0 Å². The van der Waals surface area contributed by atoms with Gasteiger partial charge >= 0.3 is 19.8 Å². The predicted molar refractivity (Wildman–Crippen MR) is 212 cm³/mol. The summed E-state index contributed by atoms with van der Waals surface area (Å²) in [4.78, 5) is 34.7. The van der Waals surface area contributed by atoms with Gasteiger partial charge in [-0.2, -0.15) is 0 Å². The second-order valence-electron chi connectivity index (χ2n) is 12.6. The van der Waals surface area contributed by atoms with E-state index in [0.717, 1.165) is 64.2 Å². The van der Waals surface area contributed by atoms with E-state index in [2.05, 4.69) is 62.5 Å². The third-order valence-corrected chi connectivity index (χ3v) is 8.66. The average Bonchev–Trinajstić information content (AvgIpc) is 3.12. The number of rotatable bonds is 35. The number of carbonyl (C=O) groups is 2. The summed E-state index contributed by atoms with van der Waals surface area (Å²) in [6.07, 6.45) is 39.7. The third-order valence-electron chi connectivity index (χ3n) is 7.68. The molecule has 0 aliphatic rings. The highest BCUT2D eigenvalue weighted by atomic mass is 31.2. The number of unbranched alkanes of at least 4 members (excludes halogenated alkanes) is 9. The van der Waals surface area contributed by atoms with Crippen molar-refractivity contribution in [2.24, 2.45) is 5.73 Å². The van der Waals surface area contributed by atoms with Crippen LogP contribution in [0, 0.1) is 0 Å². The molecule has 0 aliphatic carbocycles. The first kappa shape index (κ1) is 49.4. The number of nitrogens with two attached hydrogens (primary N) is 1. The Balaban J connectivity index is 4.47. The number of ether oxygens (including phenoxy) is 2. The Morgan fingerprint density at radius 2 is 1.29 bits per heavy atom. The van der Waals surface area contributed by atoms with Crippen LogP contribution in [-0.4, -0.2) is 60.5 Å². The highest BCUT2D eigenvalue weighted by Crippen LogP contribution is 2.43. The highest BCUT2D eigenvalue weighted by Gasteiger charge is 2.26. The van der Waals surface area contributed by atoms with Gasteiger partial charge in [-0.1, -0.05) is 125 Å². The van der Waals surface area contributed by atoms with E-state index in [0.29, 0.717) is 19.3 Å². The molecule has 0 radical (unpaired) electrons. The zero-order chi connectivity index (χ0) is 38.4. The van der Waals surface area contributed by atoms with Crippen LogP contribution in [0.3, 0.4) is 0 Å². The Bertz CT molecular complexity index is 1100. The zero-order valence-electron chi connectivity index (χ0n) is 32.1. The molecule has 0 amide bonds. The molecule has 0 saturated heterocycles. The van der Waals surface area contributed by atoms with E-state index in [1.807, 2.05) is 12.2 Å². The Kier molecular flexibility index (Phi) is 34.9. The Morgan fingerprint density at radius 1 is 0.692 bits per heavy atom. The molecule has 10 nitrogen and oxygen atoms in total. The number of hydrogen-bond donors (Lipinski definition) is 3. The number of phosphoric ester groups is 1. The molecule has 0 fully saturated rings. The fourth-order valence-electron chi connectivity index (χ4n) is 4.77. The predicted octanol–water partition coefficient (Wildman–Crippen LogP) is 9.68. The minimum Gasteiger partial charge on any atom is -0.462 e. The molecule has 11 heteroatoms. The molecule has 0 aliphatic heterocycles. The van der Waals surface area contributed by atoms with Crippen molar-refractivity contribution in [3.05, 3.63) is 72.9 Å². The fourth-order valence-corrected chi connectivity index (χ4v) is 5.54. The van der Waals surface area contributed by atoms with E-state index in [1.165, 1.54) is 25.7 Å². The smallest absolute Gasteiger partial charge is 0.462 e. The van der Waals surface area contributed by atoms with E-state index in [1.54, 1.807) is 12.2 Å². The van der Waals surface area contributed by atoms with Crippen molar-refractivity contribution in [2.75, 3.05) is 26.4 Å². The summed E-state index contributed by atoms with van der Waals surface area (Å²) in [6.45, 7) is 3.33. The summed E-state index contributed by atoms with van der Waals surface area (Å²) in [5.74, 6) is -1.05. The molecular weight excluding hydrogens is 681 g/mol. The van der Waals surface area contributed by atoms with Gasteiger partial charge in [0.25, 0.3) is 0 Å². The molecule has 0 saturated carbocycles. The van der Waals surface area contributed by atoms with Crippen LogP contribution in [0.4, 0.5) is 0 Å². The maximum absolute atomic E-state index is 12.5.